The Morgan fingerprint density at radius 2 is 1.78 bits per heavy atom. The van der Waals surface area contributed by atoms with E-state index in [1.54, 1.807) is 12.4 Å². The summed E-state index contributed by atoms with van der Waals surface area (Å²) in [6.45, 7) is 1.29. The molecule has 18 heavy (non-hydrogen) atoms. The highest BCUT2D eigenvalue weighted by Gasteiger charge is 2.07. The van der Waals surface area contributed by atoms with E-state index in [0.29, 0.717) is 12.5 Å². The number of rotatable bonds is 4. The van der Waals surface area contributed by atoms with Gasteiger partial charge in [0.1, 0.15) is 0 Å². The van der Waals surface area contributed by atoms with Gasteiger partial charge in [0.25, 0.3) is 0 Å². The molecule has 0 spiro atoms. The second kappa shape index (κ2) is 5.93. The van der Waals surface area contributed by atoms with Gasteiger partial charge in [-0.2, -0.15) is 0 Å². The molecule has 1 heterocycles. The Morgan fingerprint density at radius 3 is 2.39 bits per heavy atom. The fourth-order valence-electron chi connectivity index (χ4n) is 1.74. The Balaban J connectivity index is 2.15. The van der Waals surface area contributed by atoms with E-state index in [0.717, 1.165) is 16.6 Å². The number of benzene rings is 1. The normalized spacial score (nSPS) is 10.4. The van der Waals surface area contributed by atoms with Gasteiger partial charge in [-0.25, -0.2) is 9.97 Å². The van der Waals surface area contributed by atoms with Crippen LogP contribution in [-0.4, -0.2) is 17.0 Å². The average molecular weight is 307 g/mol. The summed E-state index contributed by atoms with van der Waals surface area (Å²) in [6.07, 6.45) is 3.49. The molecule has 0 aliphatic heterocycles. The lowest BCUT2D eigenvalue weighted by Crippen LogP contribution is -2.20. The van der Waals surface area contributed by atoms with Crippen molar-refractivity contribution in [1.82, 2.24) is 9.97 Å². The molecule has 0 amide bonds. The molecule has 0 saturated carbocycles. The van der Waals surface area contributed by atoms with Gasteiger partial charge in [0.15, 0.2) is 0 Å². The third-order valence-electron chi connectivity index (χ3n) is 2.69. The molecule has 5 heteroatoms. The molecule has 0 bridgehead atoms. The first-order valence-corrected chi connectivity index (χ1v) is 6.45. The molecule has 0 radical (unpaired) electrons. The number of nitrogens with zero attached hydrogens (tertiary/aromatic N) is 3. The maximum Gasteiger partial charge on any atom is 0.225 e. The van der Waals surface area contributed by atoms with E-state index >= 15 is 0 Å². The first-order chi connectivity index (χ1) is 8.70. The summed E-state index contributed by atoms with van der Waals surface area (Å²) in [5.41, 5.74) is 8.09. The van der Waals surface area contributed by atoms with Gasteiger partial charge in [-0.05, 0) is 27.1 Å². The van der Waals surface area contributed by atoms with Crippen molar-refractivity contribution in [2.75, 3.05) is 11.9 Å². The monoisotopic (exact) mass is 306 g/mol. The van der Waals surface area contributed by atoms with Gasteiger partial charge in [-0.1, -0.05) is 24.3 Å². The molecule has 1 aromatic heterocycles. The fourth-order valence-corrected chi connectivity index (χ4v) is 1.94. The maximum absolute atomic E-state index is 5.73. The van der Waals surface area contributed by atoms with Crippen molar-refractivity contribution in [3.63, 3.8) is 0 Å². The first kappa shape index (κ1) is 13.0. The van der Waals surface area contributed by atoms with Gasteiger partial charge in [0, 0.05) is 32.5 Å². The van der Waals surface area contributed by atoms with Crippen LogP contribution in [0.4, 0.5) is 5.95 Å². The van der Waals surface area contributed by atoms with Crippen molar-refractivity contribution < 1.29 is 0 Å². The second-order valence-electron chi connectivity index (χ2n) is 4.03. The van der Waals surface area contributed by atoms with Crippen molar-refractivity contribution in [1.29, 1.82) is 0 Å². The Kier molecular flexibility index (Phi) is 4.28. The van der Waals surface area contributed by atoms with E-state index in [4.69, 9.17) is 5.73 Å². The van der Waals surface area contributed by atoms with E-state index in [-0.39, 0.29) is 0 Å². The standard InChI is InChI=1S/C13H15BrN4/c1-18(13-16-7-12(14)8-17-13)9-11-5-3-2-4-10(11)6-15/h2-5,7-8H,6,9,15H2,1H3. The van der Waals surface area contributed by atoms with E-state index in [1.807, 2.05) is 30.1 Å². The molecule has 0 unspecified atom stereocenters. The quantitative estimate of drug-likeness (QED) is 0.942. The van der Waals surface area contributed by atoms with Crippen LogP contribution in [0.1, 0.15) is 11.1 Å². The highest BCUT2D eigenvalue weighted by molar-refractivity contribution is 9.10. The molecule has 2 rings (SSSR count). The average Bonchev–Trinajstić information content (AvgIpc) is 2.40. The number of hydrogen-bond donors (Lipinski definition) is 1. The fraction of sp³-hybridized carbons (Fsp3) is 0.231. The largest absolute Gasteiger partial charge is 0.340 e. The first-order valence-electron chi connectivity index (χ1n) is 5.66. The summed E-state index contributed by atoms with van der Waals surface area (Å²) in [6, 6.07) is 8.15. The van der Waals surface area contributed by atoms with E-state index in [1.165, 1.54) is 5.56 Å². The molecule has 94 valence electrons. The Hall–Kier alpha value is -1.46. The number of nitrogens with two attached hydrogens (primary N) is 1. The second-order valence-corrected chi connectivity index (χ2v) is 4.95. The van der Waals surface area contributed by atoms with Crippen LogP contribution < -0.4 is 10.6 Å². The molecule has 0 atom stereocenters. The van der Waals surface area contributed by atoms with Crippen LogP contribution in [0.25, 0.3) is 0 Å². The van der Waals surface area contributed by atoms with E-state index in [9.17, 15) is 0 Å². The lowest BCUT2D eigenvalue weighted by molar-refractivity contribution is 0.849. The Bertz CT molecular complexity index is 513. The maximum atomic E-state index is 5.73. The van der Waals surface area contributed by atoms with Gasteiger partial charge in [0.05, 0.1) is 4.47 Å². The van der Waals surface area contributed by atoms with Gasteiger partial charge in [-0.15, -0.1) is 0 Å². The van der Waals surface area contributed by atoms with Crippen molar-refractivity contribution >= 4 is 21.9 Å². The van der Waals surface area contributed by atoms with Crippen molar-refractivity contribution in [3.05, 3.63) is 52.3 Å². The third kappa shape index (κ3) is 3.05. The minimum Gasteiger partial charge on any atom is -0.340 e. The van der Waals surface area contributed by atoms with Gasteiger partial charge < -0.3 is 10.6 Å². The van der Waals surface area contributed by atoms with Crippen LogP contribution in [0.15, 0.2) is 41.1 Å². The molecule has 4 nitrogen and oxygen atoms in total. The van der Waals surface area contributed by atoms with Crippen molar-refractivity contribution in [2.45, 2.75) is 13.1 Å². The summed E-state index contributed by atoms with van der Waals surface area (Å²) >= 11 is 3.32. The van der Waals surface area contributed by atoms with Crippen molar-refractivity contribution in [2.24, 2.45) is 5.73 Å². The summed E-state index contributed by atoms with van der Waals surface area (Å²) in [5, 5.41) is 0. The van der Waals surface area contributed by atoms with Gasteiger partial charge in [0.2, 0.25) is 5.95 Å². The minimum absolute atomic E-state index is 0.547. The molecule has 1 aromatic carbocycles. The van der Waals surface area contributed by atoms with E-state index < -0.39 is 0 Å². The molecule has 0 fully saturated rings. The molecule has 0 saturated heterocycles. The van der Waals surface area contributed by atoms with Crippen LogP contribution >= 0.6 is 15.9 Å². The molecule has 2 aromatic rings. The van der Waals surface area contributed by atoms with Crippen LogP contribution in [0.2, 0.25) is 0 Å². The summed E-state index contributed by atoms with van der Waals surface area (Å²) in [7, 11) is 1.97. The van der Waals surface area contributed by atoms with E-state index in [2.05, 4.69) is 32.0 Å². The summed E-state index contributed by atoms with van der Waals surface area (Å²) < 4.78 is 0.877. The topological polar surface area (TPSA) is 55.0 Å². The van der Waals surface area contributed by atoms with Gasteiger partial charge in [-0.3, -0.25) is 0 Å². The van der Waals surface area contributed by atoms with Crippen LogP contribution in [0.3, 0.4) is 0 Å². The van der Waals surface area contributed by atoms with Crippen LogP contribution in [-0.2, 0) is 13.1 Å². The zero-order valence-electron chi connectivity index (χ0n) is 10.2. The van der Waals surface area contributed by atoms with Crippen LogP contribution in [0, 0.1) is 0 Å². The highest BCUT2D eigenvalue weighted by atomic mass is 79.9. The summed E-state index contributed by atoms with van der Waals surface area (Å²) in [4.78, 5) is 10.5. The zero-order valence-corrected chi connectivity index (χ0v) is 11.8. The molecular weight excluding hydrogens is 292 g/mol. The number of halogens is 1. The lowest BCUT2D eigenvalue weighted by Gasteiger charge is -2.18. The molecular formula is C13H15BrN4. The Labute approximate surface area is 115 Å². The highest BCUT2D eigenvalue weighted by Crippen LogP contribution is 2.15. The molecule has 0 aliphatic carbocycles. The minimum atomic E-state index is 0.547. The van der Waals surface area contributed by atoms with Crippen LogP contribution in [0.5, 0.6) is 0 Å². The third-order valence-corrected chi connectivity index (χ3v) is 3.10. The summed E-state index contributed by atoms with van der Waals surface area (Å²) in [5.74, 6) is 0.699. The lowest BCUT2D eigenvalue weighted by atomic mass is 10.1. The SMILES string of the molecule is CN(Cc1ccccc1CN)c1ncc(Br)cn1. The number of aromatic nitrogens is 2. The number of hydrogen-bond acceptors (Lipinski definition) is 4. The Morgan fingerprint density at radius 1 is 1.17 bits per heavy atom. The predicted molar refractivity (Wildman–Crippen MR) is 76.2 cm³/mol. The van der Waals surface area contributed by atoms with Crippen molar-refractivity contribution in [3.8, 4) is 0 Å². The zero-order chi connectivity index (χ0) is 13.0. The molecule has 0 aliphatic rings. The van der Waals surface area contributed by atoms with Gasteiger partial charge >= 0.3 is 0 Å². The predicted octanol–water partition coefficient (Wildman–Crippen LogP) is 2.33. The molecule has 2 N–H and O–H groups in total. The number of anilines is 1. The smallest absolute Gasteiger partial charge is 0.225 e.